The van der Waals surface area contributed by atoms with Crippen molar-refractivity contribution in [1.82, 2.24) is 0 Å². The number of rotatable bonds is 6. The third kappa shape index (κ3) is 5.94. The van der Waals surface area contributed by atoms with E-state index in [0.717, 1.165) is 11.1 Å². The fraction of sp³-hybridized carbons (Fsp3) is 0.111. The second-order valence-corrected chi connectivity index (χ2v) is 10.6. The Hall–Kier alpha value is -1.64. The quantitative estimate of drug-likeness (QED) is 0.369. The van der Waals surface area contributed by atoms with Crippen LogP contribution in [0.1, 0.15) is 25.0 Å². The zero-order chi connectivity index (χ0) is 23.6. The Labute approximate surface area is 247 Å². The molecule has 7 heteroatoms. The molecule has 0 saturated carbocycles. The monoisotopic (exact) mass is 516 g/mol. The van der Waals surface area contributed by atoms with Crippen LogP contribution in [-0.2, 0) is 15.3 Å². The van der Waals surface area contributed by atoms with Crippen LogP contribution in [0.25, 0.3) is 0 Å². The summed E-state index contributed by atoms with van der Waals surface area (Å²) in [5.41, 5.74) is 1.86. The smallest absolute Gasteiger partial charge is 0.872 e. The van der Waals surface area contributed by atoms with E-state index in [0.29, 0.717) is 16.5 Å². The molecule has 4 aromatic carbocycles. The van der Waals surface area contributed by atoms with E-state index in [4.69, 9.17) is 16.3 Å². The molecule has 0 bridgehead atoms. The van der Waals surface area contributed by atoms with E-state index in [-0.39, 0.29) is 72.3 Å². The largest absolute Gasteiger partial charge is 1.00 e. The first kappa shape index (κ1) is 27.0. The van der Waals surface area contributed by atoms with Gasteiger partial charge in [0.15, 0.2) is 0 Å². The molecule has 0 aromatic heterocycles. The Bertz CT molecular complexity index is 1350. The molecule has 4 aromatic rings. The first-order valence-corrected chi connectivity index (χ1v) is 12.2. The van der Waals surface area contributed by atoms with Crippen LogP contribution in [0.5, 0.6) is 17.2 Å². The molecule has 34 heavy (non-hydrogen) atoms. The van der Waals surface area contributed by atoms with Crippen molar-refractivity contribution in [3.63, 3.8) is 0 Å². The molecule has 0 aliphatic carbocycles. The van der Waals surface area contributed by atoms with E-state index >= 15 is 0 Å². The molecule has 0 aliphatic rings. The van der Waals surface area contributed by atoms with Gasteiger partial charge >= 0.3 is 51.4 Å². The van der Waals surface area contributed by atoms with Crippen LogP contribution in [0.15, 0.2) is 107 Å². The van der Waals surface area contributed by atoms with Crippen LogP contribution in [-0.4, -0.2) is 8.42 Å². The Morgan fingerprint density at radius 2 is 1.06 bits per heavy atom. The third-order valence-electron chi connectivity index (χ3n) is 5.65. The number of ether oxygens (including phenoxy) is 1. The van der Waals surface area contributed by atoms with Crippen LogP contribution in [0.3, 0.4) is 0 Å². The summed E-state index contributed by atoms with van der Waals surface area (Å²) in [4.78, 5) is 0.363. The molecule has 0 spiro atoms. The Morgan fingerprint density at radius 1 is 0.676 bits per heavy atom. The molecule has 0 saturated heterocycles. The summed E-state index contributed by atoms with van der Waals surface area (Å²) >= 11 is 5.85. The third-order valence-corrected chi connectivity index (χ3v) is 7.68. The Kier molecular flexibility index (Phi) is 8.68. The van der Waals surface area contributed by atoms with Gasteiger partial charge in [0, 0.05) is 10.4 Å². The minimum atomic E-state index is -3.63. The number of sulfone groups is 1. The van der Waals surface area contributed by atoms with Gasteiger partial charge in [-0.3, -0.25) is 0 Å². The standard InChI is InChI=1S/C27H23ClO4S.K/c1-27(2,19-3-9-22(29)10-4-19)20-5-11-23(12-6-20)32-24-13-17-26(18-14-24)33(30,31)25-15-7-21(28)8-16-25;/h3-18,29H,1-2H3;/q;+1/p-1. The van der Waals surface area contributed by atoms with E-state index < -0.39 is 9.84 Å². The van der Waals surface area contributed by atoms with Gasteiger partial charge in [0.2, 0.25) is 9.84 Å². The van der Waals surface area contributed by atoms with Crippen LogP contribution >= 0.6 is 11.6 Å². The van der Waals surface area contributed by atoms with Crippen molar-refractivity contribution in [3.05, 3.63) is 113 Å². The molecule has 4 nitrogen and oxygen atoms in total. The van der Waals surface area contributed by atoms with Gasteiger partial charge in [-0.2, -0.15) is 0 Å². The van der Waals surface area contributed by atoms with Crippen LogP contribution in [0.2, 0.25) is 5.02 Å². The average molecular weight is 517 g/mol. The van der Waals surface area contributed by atoms with Crippen molar-refractivity contribution >= 4 is 21.4 Å². The van der Waals surface area contributed by atoms with Gasteiger partial charge in [0.25, 0.3) is 0 Å². The Balaban J connectivity index is 0.00000324. The summed E-state index contributed by atoms with van der Waals surface area (Å²) in [5.74, 6) is 1.16. The SMILES string of the molecule is CC(C)(c1ccc([O-])cc1)c1ccc(Oc2ccc(S(=O)(=O)c3ccc(Cl)cc3)cc2)cc1.[K+]. The first-order chi connectivity index (χ1) is 15.7. The van der Waals surface area contributed by atoms with Crippen LogP contribution < -0.4 is 61.2 Å². The number of hydrogen-bond acceptors (Lipinski definition) is 4. The molecule has 0 radical (unpaired) electrons. The van der Waals surface area contributed by atoms with Crippen molar-refractivity contribution < 1.29 is 69.6 Å². The predicted molar refractivity (Wildman–Crippen MR) is 128 cm³/mol. The molecule has 0 N–H and O–H groups in total. The van der Waals surface area contributed by atoms with Gasteiger partial charge < -0.3 is 9.84 Å². The van der Waals surface area contributed by atoms with Crippen molar-refractivity contribution in [1.29, 1.82) is 0 Å². The van der Waals surface area contributed by atoms with Gasteiger partial charge in [-0.1, -0.05) is 61.8 Å². The van der Waals surface area contributed by atoms with Crippen LogP contribution in [0, 0.1) is 0 Å². The number of hydrogen-bond donors (Lipinski definition) is 0. The summed E-state index contributed by atoms with van der Waals surface area (Å²) < 4.78 is 31.5. The van der Waals surface area contributed by atoms with Crippen molar-refractivity contribution in [2.24, 2.45) is 0 Å². The molecule has 4 rings (SSSR count). The second kappa shape index (κ2) is 11.0. The topological polar surface area (TPSA) is 66.4 Å². The Morgan fingerprint density at radius 3 is 1.53 bits per heavy atom. The zero-order valence-corrected chi connectivity index (χ0v) is 23.9. The van der Waals surface area contributed by atoms with Crippen molar-refractivity contribution in [2.45, 2.75) is 29.1 Å². The van der Waals surface area contributed by atoms with E-state index in [9.17, 15) is 13.5 Å². The van der Waals surface area contributed by atoms with E-state index in [1.54, 1.807) is 36.4 Å². The number of halogens is 1. The summed E-state index contributed by atoms with van der Waals surface area (Å²) in [6.07, 6.45) is 0. The van der Waals surface area contributed by atoms with Gasteiger partial charge in [0.1, 0.15) is 11.5 Å². The van der Waals surface area contributed by atoms with Crippen molar-refractivity contribution in [2.75, 3.05) is 0 Å². The fourth-order valence-corrected chi connectivity index (χ4v) is 4.94. The van der Waals surface area contributed by atoms with Crippen molar-refractivity contribution in [3.8, 4) is 17.2 Å². The minimum Gasteiger partial charge on any atom is -0.872 e. The van der Waals surface area contributed by atoms with E-state index in [1.807, 2.05) is 36.4 Å². The van der Waals surface area contributed by atoms with E-state index in [1.165, 1.54) is 24.3 Å². The minimum absolute atomic E-state index is 0. The normalized spacial score (nSPS) is 11.5. The molecular weight excluding hydrogens is 495 g/mol. The molecule has 0 atom stereocenters. The molecule has 0 fully saturated rings. The summed E-state index contributed by atoms with van der Waals surface area (Å²) in [6.45, 7) is 4.20. The zero-order valence-electron chi connectivity index (χ0n) is 19.2. The second-order valence-electron chi connectivity index (χ2n) is 8.20. The van der Waals surface area contributed by atoms with Gasteiger partial charge in [-0.15, -0.1) is 5.75 Å². The molecule has 168 valence electrons. The maximum atomic E-state index is 12.8. The molecule has 0 unspecified atom stereocenters. The summed E-state index contributed by atoms with van der Waals surface area (Å²) in [7, 11) is -3.63. The van der Waals surface area contributed by atoms with Gasteiger partial charge in [0.05, 0.1) is 9.79 Å². The van der Waals surface area contributed by atoms with Crippen LogP contribution in [0.4, 0.5) is 0 Å². The van der Waals surface area contributed by atoms with E-state index in [2.05, 4.69) is 13.8 Å². The maximum absolute atomic E-state index is 12.8. The summed E-state index contributed by atoms with van der Waals surface area (Å²) in [5, 5.41) is 11.9. The molecule has 0 aliphatic heterocycles. The maximum Gasteiger partial charge on any atom is 1.00 e. The summed E-state index contributed by atoms with van der Waals surface area (Å²) in [6, 6.07) is 27.0. The number of benzene rings is 4. The molecular formula is C27H22ClKO4S. The predicted octanol–water partition coefficient (Wildman–Crippen LogP) is 3.37. The molecule has 0 heterocycles. The average Bonchev–Trinajstić information content (AvgIpc) is 2.80. The fourth-order valence-electron chi connectivity index (χ4n) is 3.55. The molecule has 0 amide bonds. The van der Waals surface area contributed by atoms with Gasteiger partial charge in [-0.25, -0.2) is 8.42 Å². The first-order valence-electron chi connectivity index (χ1n) is 10.3. The van der Waals surface area contributed by atoms with Gasteiger partial charge in [-0.05, 0) is 71.8 Å².